The van der Waals surface area contributed by atoms with Crippen molar-refractivity contribution in [1.29, 1.82) is 0 Å². The van der Waals surface area contributed by atoms with Crippen molar-refractivity contribution in [3.8, 4) is 0 Å². The van der Waals surface area contributed by atoms with Crippen LogP contribution < -0.4 is 0 Å². The van der Waals surface area contributed by atoms with Gasteiger partial charge in [-0.1, -0.05) is 35.9 Å². The predicted octanol–water partition coefficient (Wildman–Crippen LogP) is 3.56. The summed E-state index contributed by atoms with van der Waals surface area (Å²) in [7, 11) is 0. The van der Waals surface area contributed by atoms with Gasteiger partial charge in [-0.15, -0.1) is 11.6 Å². The largest absolute Gasteiger partial charge is 0.388 e. The first-order valence-electron chi connectivity index (χ1n) is 4.29. The lowest BCUT2D eigenvalue weighted by Gasteiger charge is -2.11. The molecule has 0 amide bonds. The van der Waals surface area contributed by atoms with Gasteiger partial charge in [0.25, 0.3) is 0 Å². The second-order valence-corrected chi connectivity index (χ2v) is 3.86. The lowest BCUT2D eigenvalue weighted by Crippen LogP contribution is -1.99. The van der Waals surface area contributed by atoms with Gasteiger partial charge < -0.3 is 5.11 Å². The minimum atomic E-state index is -0.543. The van der Waals surface area contributed by atoms with Gasteiger partial charge in [-0.05, 0) is 24.1 Å². The Bertz CT molecular complexity index is 306. The molecule has 0 fully saturated rings. The first kappa shape index (κ1) is 11.6. The molecule has 1 aromatic rings. The second-order valence-electron chi connectivity index (χ2n) is 3.16. The summed E-state index contributed by atoms with van der Waals surface area (Å²) < 4.78 is 0. The van der Waals surface area contributed by atoms with E-state index in [4.69, 9.17) is 23.2 Å². The Morgan fingerprint density at radius 2 is 1.93 bits per heavy atom. The molecule has 0 saturated heterocycles. The Morgan fingerprint density at radius 3 is 2.43 bits per heavy atom. The monoisotopic (exact) mass is 230 g/mol. The van der Waals surface area contributed by atoms with Gasteiger partial charge in [-0.25, -0.2) is 0 Å². The molecular formula is C11H12Cl2O. The second kappa shape index (κ2) is 5.40. The highest BCUT2D eigenvalue weighted by Gasteiger charge is 2.08. The summed E-state index contributed by atoms with van der Waals surface area (Å²) in [6.07, 6.45) is -0.0518. The average molecular weight is 231 g/mol. The number of rotatable bonds is 4. The quantitative estimate of drug-likeness (QED) is 0.620. The van der Waals surface area contributed by atoms with Crippen molar-refractivity contribution in [3.05, 3.63) is 47.0 Å². The maximum atomic E-state index is 9.75. The fourth-order valence-electron chi connectivity index (χ4n) is 1.13. The van der Waals surface area contributed by atoms with Crippen LogP contribution in [0.15, 0.2) is 36.4 Å². The molecule has 0 radical (unpaired) electrons. The van der Waals surface area contributed by atoms with E-state index in [0.29, 0.717) is 17.3 Å². The van der Waals surface area contributed by atoms with Crippen LogP contribution in [0.3, 0.4) is 0 Å². The summed E-state index contributed by atoms with van der Waals surface area (Å²) in [6, 6.07) is 7.11. The first-order chi connectivity index (χ1) is 6.63. The van der Waals surface area contributed by atoms with Gasteiger partial charge in [-0.2, -0.15) is 0 Å². The SMILES string of the molecule is C=C(CCl)CC(O)c1ccc(Cl)cc1. The van der Waals surface area contributed by atoms with Gasteiger partial charge >= 0.3 is 0 Å². The Labute approximate surface area is 94.0 Å². The summed E-state index contributed by atoms with van der Waals surface area (Å²) in [5.41, 5.74) is 1.66. The molecule has 1 rings (SSSR count). The third-order valence-electron chi connectivity index (χ3n) is 1.93. The Morgan fingerprint density at radius 1 is 1.36 bits per heavy atom. The number of hydrogen-bond acceptors (Lipinski definition) is 1. The number of hydrogen-bond donors (Lipinski definition) is 1. The third kappa shape index (κ3) is 3.33. The van der Waals surface area contributed by atoms with E-state index in [9.17, 15) is 5.11 Å². The van der Waals surface area contributed by atoms with E-state index in [1.54, 1.807) is 24.3 Å². The van der Waals surface area contributed by atoms with Crippen LogP contribution in [0, 0.1) is 0 Å². The standard InChI is InChI=1S/C11H12Cl2O/c1-8(7-12)6-11(14)9-2-4-10(13)5-3-9/h2-5,11,14H,1,6-7H2. The normalized spacial score (nSPS) is 12.5. The van der Waals surface area contributed by atoms with Crippen molar-refractivity contribution in [3.63, 3.8) is 0 Å². The molecule has 1 nitrogen and oxygen atoms in total. The fraction of sp³-hybridized carbons (Fsp3) is 0.273. The van der Waals surface area contributed by atoms with E-state index >= 15 is 0 Å². The molecule has 0 bridgehead atoms. The fourth-order valence-corrected chi connectivity index (χ4v) is 1.37. The Hall–Kier alpha value is -0.500. The maximum Gasteiger partial charge on any atom is 0.0827 e. The van der Waals surface area contributed by atoms with Crippen molar-refractivity contribution in [2.24, 2.45) is 0 Å². The first-order valence-corrected chi connectivity index (χ1v) is 5.21. The molecule has 1 N–H and O–H groups in total. The summed E-state index contributed by atoms with van der Waals surface area (Å²) in [4.78, 5) is 0. The Kier molecular flexibility index (Phi) is 4.46. The third-order valence-corrected chi connectivity index (χ3v) is 2.56. The van der Waals surface area contributed by atoms with E-state index in [1.165, 1.54) is 0 Å². The van der Waals surface area contributed by atoms with E-state index in [-0.39, 0.29) is 0 Å². The lowest BCUT2D eigenvalue weighted by molar-refractivity contribution is 0.178. The zero-order valence-corrected chi connectivity index (χ0v) is 9.22. The van der Waals surface area contributed by atoms with Crippen molar-refractivity contribution in [2.75, 3.05) is 5.88 Å². The smallest absolute Gasteiger partial charge is 0.0827 e. The van der Waals surface area contributed by atoms with Crippen LogP contribution in [0.25, 0.3) is 0 Å². The molecule has 0 aliphatic rings. The van der Waals surface area contributed by atoms with Crippen LogP contribution in [0.5, 0.6) is 0 Å². The van der Waals surface area contributed by atoms with Crippen LogP contribution in [0.4, 0.5) is 0 Å². The number of aliphatic hydroxyl groups is 1. The summed E-state index contributed by atoms with van der Waals surface area (Å²) >= 11 is 11.3. The summed E-state index contributed by atoms with van der Waals surface area (Å²) in [6.45, 7) is 3.74. The average Bonchev–Trinajstić information content (AvgIpc) is 2.18. The number of aliphatic hydroxyl groups excluding tert-OH is 1. The maximum absolute atomic E-state index is 9.75. The molecule has 0 aliphatic carbocycles. The molecule has 3 heteroatoms. The highest BCUT2D eigenvalue weighted by Crippen LogP contribution is 2.22. The molecular weight excluding hydrogens is 219 g/mol. The summed E-state index contributed by atoms with van der Waals surface area (Å²) in [5, 5.41) is 10.4. The van der Waals surface area contributed by atoms with Gasteiger partial charge in [0.2, 0.25) is 0 Å². The van der Waals surface area contributed by atoms with Gasteiger partial charge in [-0.3, -0.25) is 0 Å². The van der Waals surface area contributed by atoms with Gasteiger partial charge in [0, 0.05) is 10.9 Å². The van der Waals surface area contributed by atoms with Gasteiger partial charge in [0.15, 0.2) is 0 Å². The lowest BCUT2D eigenvalue weighted by atomic mass is 10.0. The van der Waals surface area contributed by atoms with Crippen LogP contribution in [-0.4, -0.2) is 11.0 Å². The molecule has 76 valence electrons. The zero-order chi connectivity index (χ0) is 10.6. The van der Waals surface area contributed by atoms with Crippen molar-refractivity contribution in [1.82, 2.24) is 0 Å². The van der Waals surface area contributed by atoms with E-state index in [2.05, 4.69) is 6.58 Å². The topological polar surface area (TPSA) is 20.2 Å². The molecule has 14 heavy (non-hydrogen) atoms. The zero-order valence-electron chi connectivity index (χ0n) is 7.71. The number of alkyl halides is 1. The van der Waals surface area contributed by atoms with E-state index < -0.39 is 6.10 Å². The minimum Gasteiger partial charge on any atom is -0.388 e. The molecule has 0 aromatic heterocycles. The van der Waals surface area contributed by atoms with E-state index in [0.717, 1.165) is 11.1 Å². The van der Waals surface area contributed by atoms with Crippen molar-refractivity contribution >= 4 is 23.2 Å². The Balaban J connectivity index is 2.65. The predicted molar refractivity (Wildman–Crippen MR) is 60.9 cm³/mol. The molecule has 1 aromatic carbocycles. The minimum absolute atomic E-state index is 0.380. The van der Waals surface area contributed by atoms with Crippen LogP contribution in [-0.2, 0) is 0 Å². The van der Waals surface area contributed by atoms with Crippen LogP contribution >= 0.6 is 23.2 Å². The molecule has 0 spiro atoms. The molecule has 0 heterocycles. The van der Waals surface area contributed by atoms with Gasteiger partial charge in [0.1, 0.15) is 0 Å². The molecule has 1 atom stereocenters. The number of benzene rings is 1. The number of halogens is 2. The highest BCUT2D eigenvalue weighted by atomic mass is 35.5. The molecule has 0 saturated carbocycles. The highest BCUT2D eigenvalue weighted by molar-refractivity contribution is 6.30. The van der Waals surface area contributed by atoms with Crippen molar-refractivity contribution in [2.45, 2.75) is 12.5 Å². The van der Waals surface area contributed by atoms with Crippen molar-refractivity contribution < 1.29 is 5.11 Å². The van der Waals surface area contributed by atoms with Gasteiger partial charge in [0.05, 0.1) is 6.10 Å². The van der Waals surface area contributed by atoms with Crippen LogP contribution in [0.2, 0.25) is 5.02 Å². The molecule has 0 aliphatic heterocycles. The summed E-state index contributed by atoms with van der Waals surface area (Å²) in [5.74, 6) is 0.380. The van der Waals surface area contributed by atoms with Crippen LogP contribution in [0.1, 0.15) is 18.1 Å². The molecule has 1 unspecified atom stereocenters. The van der Waals surface area contributed by atoms with E-state index in [1.807, 2.05) is 0 Å².